The topological polar surface area (TPSA) is 58.9 Å². The lowest BCUT2D eigenvalue weighted by Crippen LogP contribution is -2.61. The predicted molar refractivity (Wildman–Crippen MR) is 70.0 cm³/mol. The van der Waals surface area contributed by atoms with Crippen molar-refractivity contribution in [3.8, 4) is 0 Å². The molecule has 0 bridgehead atoms. The molecule has 1 saturated heterocycles. The maximum Gasteiger partial charge on any atom is 0.188 e. The molecule has 0 spiro atoms. The van der Waals surface area contributed by atoms with Crippen LogP contribution in [-0.4, -0.2) is 49.8 Å². The molecule has 102 valence electrons. The predicted octanol–water partition coefficient (Wildman–Crippen LogP) is 0.563. The Bertz CT molecular complexity index is 386. The molecule has 2 rings (SSSR count). The summed E-state index contributed by atoms with van der Waals surface area (Å²) in [6.45, 7) is 9.60. The highest BCUT2D eigenvalue weighted by molar-refractivity contribution is 4.94. The largest absolute Gasteiger partial charge is 0.311 e. The summed E-state index contributed by atoms with van der Waals surface area (Å²) >= 11 is 0. The molecule has 1 atom stereocenters. The van der Waals surface area contributed by atoms with Crippen LogP contribution in [0.1, 0.15) is 39.4 Å². The Morgan fingerprint density at radius 1 is 1.44 bits per heavy atom. The minimum atomic E-state index is 0.142. The van der Waals surface area contributed by atoms with Gasteiger partial charge in [0.15, 0.2) is 5.82 Å². The zero-order valence-electron chi connectivity index (χ0n) is 11.8. The number of nitrogens with one attached hydrogen (secondary N) is 1. The van der Waals surface area contributed by atoms with Crippen LogP contribution >= 0.6 is 0 Å². The molecule has 2 heterocycles. The van der Waals surface area contributed by atoms with Gasteiger partial charge in [0.25, 0.3) is 0 Å². The second-order valence-corrected chi connectivity index (χ2v) is 5.75. The van der Waals surface area contributed by atoms with Crippen molar-refractivity contribution in [1.82, 2.24) is 30.4 Å². The lowest BCUT2D eigenvalue weighted by Gasteiger charge is -2.45. The monoisotopic (exact) mass is 252 g/mol. The normalized spacial score (nSPS) is 24.3. The number of aromatic nitrogens is 4. The highest BCUT2D eigenvalue weighted by Gasteiger charge is 2.34. The van der Waals surface area contributed by atoms with Crippen LogP contribution in [0.3, 0.4) is 0 Å². The van der Waals surface area contributed by atoms with Crippen molar-refractivity contribution in [1.29, 1.82) is 0 Å². The van der Waals surface area contributed by atoms with Gasteiger partial charge in [-0.15, -0.1) is 10.2 Å². The van der Waals surface area contributed by atoms with Crippen LogP contribution in [0, 0.1) is 0 Å². The molecule has 6 nitrogen and oxygen atoms in total. The van der Waals surface area contributed by atoms with E-state index >= 15 is 0 Å². The lowest BCUT2D eigenvalue weighted by atomic mass is 9.96. The third kappa shape index (κ3) is 3.05. The van der Waals surface area contributed by atoms with E-state index < -0.39 is 0 Å². The van der Waals surface area contributed by atoms with E-state index in [-0.39, 0.29) is 5.54 Å². The van der Waals surface area contributed by atoms with Crippen molar-refractivity contribution in [2.24, 2.45) is 7.05 Å². The van der Waals surface area contributed by atoms with E-state index in [9.17, 15) is 0 Å². The first-order chi connectivity index (χ1) is 8.51. The van der Waals surface area contributed by atoms with Crippen molar-refractivity contribution >= 4 is 0 Å². The second kappa shape index (κ2) is 5.32. The molecule has 1 fully saturated rings. The molecule has 6 heteroatoms. The highest BCUT2D eigenvalue weighted by Crippen LogP contribution is 2.21. The summed E-state index contributed by atoms with van der Waals surface area (Å²) in [6.07, 6.45) is 2.44. The molecule has 1 aromatic heterocycles. The number of tetrazole rings is 1. The summed E-state index contributed by atoms with van der Waals surface area (Å²) in [5, 5.41) is 15.9. The molecule has 1 N–H and O–H groups in total. The van der Waals surface area contributed by atoms with Crippen LogP contribution in [0.4, 0.5) is 0 Å². The third-order valence-electron chi connectivity index (χ3n) is 3.64. The standard InChI is InChI=1S/C12H24N6/c1-5-6-10-7-18(12(2,3)9-13-10)8-11-14-16-17(4)15-11/h10,13H,5-9H2,1-4H3. The van der Waals surface area contributed by atoms with Gasteiger partial charge in [-0.3, -0.25) is 4.90 Å². The fraction of sp³-hybridized carbons (Fsp3) is 0.917. The molecule has 1 aliphatic rings. The Kier molecular flexibility index (Phi) is 3.97. The second-order valence-electron chi connectivity index (χ2n) is 5.75. The van der Waals surface area contributed by atoms with Crippen LogP contribution < -0.4 is 5.32 Å². The van der Waals surface area contributed by atoms with E-state index in [1.54, 1.807) is 7.05 Å². The number of aryl methyl sites for hydroxylation is 1. The van der Waals surface area contributed by atoms with E-state index in [2.05, 4.69) is 46.4 Å². The van der Waals surface area contributed by atoms with Gasteiger partial charge in [-0.25, -0.2) is 0 Å². The zero-order chi connectivity index (χ0) is 13.2. The molecular formula is C12H24N6. The van der Waals surface area contributed by atoms with Crippen LogP contribution in [0.5, 0.6) is 0 Å². The van der Waals surface area contributed by atoms with Crippen LogP contribution in [-0.2, 0) is 13.6 Å². The van der Waals surface area contributed by atoms with Crippen molar-refractivity contribution in [3.05, 3.63) is 5.82 Å². The number of hydrogen-bond acceptors (Lipinski definition) is 5. The molecule has 1 aromatic rings. The summed E-state index contributed by atoms with van der Waals surface area (Å²) in [6, 6.07) is 0.583. The molecular weight excluding hydrogens is 228 g/mol. The average molecular weight is 252 g/mol. The number of hydrogen-bond donors (Lipinski definition) is 1. The summed E-state index contributed by atoms with van der Waals surface area (Å²) in [5.41, 5.74) is 0.142. The highest BCUT2D eigenvalue weighted by atomic mass is 15.6. The quantitative estimate of drug-likeness (QED) is 0.848. The number of nitrogens with zero attached hydrogens (tertiary/aromatic N) is 5. The van der Waals surface area contributed by atoms with E-state index in [0.717, 1.165) is 25.5 Å². The first-order valence-corrected chi connectivity index (χ1v) is 6.72. The van der Waals surface area contributed by atoms with Gasteiger partial charge in [0, 0.05) is 24.7 Å². The van der Waals surface area contributed by atoms with E-state index in [4.69, 9.17) is 0 Å². The SMILES string of the molecule is CCCC1CN(Cc2nnn(C)n2)C(C)(C)CN1. The molecule has 18 heavy (non-hydrogen) atoms. The molecule has 0 amide bonds. The molecule has 0 aromatic carbocycles. The Hall–Kier alpha value is -1.01. The van der Waals surface area contributed by atoms with Crippen LogP contribution in [0.25, 0.3) is 0 Å². The van der Waals surface area contributed by atoms with E-state index in [1.165, 1.54) is 17.6 Å². The van der Waals surface area contributed by atoms with Gasteiger partial charge >= 0.3 is 0 Å². The minimum Gasteiger partial charge on any atom is -0.311 e. The van der Waals surface area contributed by atoms with Gasteiger partial charge < -0.3 is 5.32 Å². The summed E-state index contributed by atoms with van der Waals surface area (Å²) in [5.74, 6) is 0.808. The Labute approximate surface area is 109 Å². The van der Waals surface area contributed by atoms with Crippen LogP contribution in [0.15, 0.2) is 0 Å². The number of piperazine rings is 1. The van der Waals surface area contributed by atoms with Gasteiger partial charge in [0.05, 0.1) is 13.6 Å². The summed E-state index contributed by atoms with van der Waals surface area (Å²) in [4.78, 5) is 3.98. The van der Waals surface area contributed by atoms with Gasteiger partial charge in [-0.2, -0.15) is 4.80 Å². The minimum absolute atomic E-state index is 0.142. The molecule has 1 unspecified atom stereocenters. The zero-order valence-corrected chi connectivity index (χ0v) is 11.8. The summed E-state index contributed by atoms with van der Waals surface area (Å²) < 4.78 is 0. The van der Waals surface area contributed by atoms with Gasteiger partial charge in [0.2, 0.25) is 0 Å². The molecule has 0 saturated carbocycles. The Morgan fingerprint density at radius 3 is 2.83 bits per heavy atom. The molecule has 1 aliphatic heterocycles. The third-order valence-corrected chi connectivity index (χ3v) is 3.64. The smallest absolute Gasteiger partial charge is 0.188 e. The fourth-order valence-corrected chi connectivity index (χ4v) is 2.46. The fourth-order valence-electron chi connectivity index (χ4n) is 2.46. The Morgan fingerprint density at radius 2 is 2.22 bits per heavy atom. The molecule has 0 radical (unpaired) electrons. The lowest BCUT2D eigenvalue weighted by molar-refractivity contribution is 0.0539. The van der Waals surface area contributed by atoms with Crippen LogP contribution in [0.2, 0.25) is 0 Å². The average Bonchev–Trinajstić information content (AvgIpc) is 2.70. The van der Waals surface area contributed by atoms with Gasteiger partial charge in [0.1, 0.15) is 0 Å². The van der Waals surface area contributed by atoms with Gasteiger partial charge in [-0.05, 0) is 25.5 Å². The van der Waals surface area contributed by atoms with Crippen molar-refractivity contribution < 1.29 is 0 Å². The van der Waals surface area contributed by atoms with Crippen molar-refractivity contribution in [2.75, 3.05) is 13.1 Å². The van der Waals surface area contributed by atoms with E-state index in [1.807, 2.05) is 0 Å². The molecule has 0 aliphatic carbocycles. The summed E-state index contributed by atoms with van der Waals surface area (Å²) in [7, 11) is 1.80. The van der Waals surface area contributed by atoms with Crippen molar-refractivity contribution in [3.63, 3.8) is 0 Å². The first kappa shape index (κ1) is 13.4. The maximum atomic E-state index is 4.27. The maximum absolute atomic E-state index is 4.27. The van der Waals surface area contributed by atoms with E-state index in [0.29, 0.717) is 6.04 Å². The first-order valence-electron chi connectivity index (χ1n) is 6.72. The Balaban J connectivity index is 2.02. The number of rotatable bonds is 4. The van der Waals surface area contributed by atoms with Gasteiger partial charge in [-0.1, -0.05) is 13.3 Å². The van der Waals surface area contributed by atoms with Crippen molar-refractivity contribution in [2.45, 2.75) is 51.7 Å².